The van der Waals surface area contributed by atoms with Gasteiger partial charge in [0.1, 0.15) is 6.04 Å². The third kappa shape index (κ3) is 4.14. The standard InChI is InChI=1S/C17H21ClN4O2/c1-4-8-19-16(23)11(2)21-17(24)15-10-20-22(12(15)3)14-7-5-6-13(18)9-14/h5-7,9-11H,4,8H2,1-3H3,(H,19,23)(H,21,24). The van der Waals surface area contributed by atoms with E-state index >= 15 is 0 Å². The Kier molecular flexibility index (Phi) is 5.98. The summed E-state index contributed by atoms with van der Waals surface area (Å²) in [4.78, 5) is 24.3. The molecule has 1 unspecified atom stereocenters. The van der Waals surface area contributed by atoms with Gasteiger partial charge in [-0.25, -0.2) is 4.68 Å². The quantitative estimate of drug-likeness (QED) is 0.842. The van der Waals surface area contributed by atoms with Crippen LogP contribution in [0, 0.1) is 6.92 Å². The lowest BCUT2D eigenvalue weighted by atomic mass is 10.2. The van der Waals surface area contributed by atoms with Gasteiger partial charge in [0.05, 0.1) is 23.1 Å². The van der Waals surface area contributed by atoms with Gasteiger partial charge >= 0.3 is 0 Å². The molecule has 0 bridgehead atoms. The largest absolute Gasteiger partial charge is 0.354 e. The molecular formula is C17H21ClN4O2. The lowest BCUT2D eigenvalue weighted by Gasteiger charge is -2.13. The Hall–Kier alpha value is -2.34. The van der Waals surface area contributed by atoms with Crippen LogP contribution in [0.3, 0.4) is 0 Å². The molecule has 0 saturated carbocycles. The molecule has 0 aliphatic rings. The van der Waals surface area contributed by atoms with Crippen LogP contribution in [0.15, 0.2) is 30.5 Å². The molecule has 128 valence electrons. The molecule has 0 fully saturated rings. The summed E-state index contributed by atoms with van der Waals surface area (Å²) in [6.45, 7) is 6.01. The van der Waals surface area contributed by atoms with Gasteiger partial charge < -0.3 is 10.6 Å². The van der Waals surface area contributed by atoms with Crippen LogP contribution in [0.25, 0.3) is 5.69 Å². The zero-order chi connectivity index (χ0) is 17.7. The molecule has 6 nitrogen and oxygen atoms in total. The minimum Gasteiger partial charge on any atom is -0.354 e. The maximum Gasteiger partial charge on any atom is 0.255 e. The molecule has 0 aliphatic heterocycles. The fraction of sp³-hybridized carbons (Fsp3) is 0.353. The summed E-state index contributed by atoms with van der Waals surface area (Å²) in [5.41, 5.74) is 1.87. The molecule has 2 aromatic rings. The highest BCUT2D eigenvalue weighted by Gasteiger charge is 2.20. The van der Waals surface area contributed by atoms with Crippen LogP contribution in [0.2, 0.25) is 5.02 Å². The average Bonchev–Trinajstić information content (AvgIpc) is 2.94. The van der Waals surface area contributed by atoms with Gasteiger partial charge in [0, 0.05) is 11.6 Å². The van der Waals surface area contributed by atoms with Crippen molar-refractivity contribution in [3.63, 3.8) is 0 Å². The Bertz CT molecular complexity index is 742. The minimum atomic E-state index is -0.613. The fourth-order valence-electron chi connectivity index (χ4n) is 2.24. The first-order valence-electron chi connectivity index (χ1n) is 7.83. The molecule has 1 aromatic heterocycles. The number of hydrogen-bond acceptors (Lipinski definition) is 3. The van der Waals surface area contributed by atoms with Gasteiger partial charge in [-0.1, -0.05) is 24.6 Å². The Labute approximate surface area is 146 Å². The van der Waals surface area contributed by atoms with Crippen molar-refractivity contribution in [2.45, 2.75) is 33.2 Å². The summed E-state index contributed by atoms with van der Waals surface area (Å²) in [5, 5.41) is 10.3. The van der Waals surface area contributed by atoms with E-state index in [1.165, 1.54) is 6.20 Å². The number of halogens is 1. The Morgan fingerprint density at radius 2 is 2.12 bits per heavy atom. The summed E-state index contributed by atoms with van der Waals surface area (Å²) in [7, 11) is 0. The molecule has 0 aliphatic carbocycles. The zero-order valence-corrected chi connectivity index (χ0v) is 14.7. The van der Waals surface area contributed by atoms with E-state index in [1.807, 2.05) is 19.1 Å². The highest BCUT2D eigenvalue weighted by atomic mass is 35.5. The van der Waals surface area contributed by atoms with E-state index in [2.05, 4.69) is 15.7 Å². The molecule has 24 heavy (non-hydrogen) atoms. The molecular weight excluding hydrogens is 328 g/mol. The first kappa shape index (κ1) is 18.0. The van der Waals surface area contributed by atoms with Crippen molar-refractivity contribution in [3.8, 4) is 5.69 Å². The lowest BCUT2D eigenvalue weighted by molar-refractivity contribution is -0.122. The van der Waals surface area contributed by atoms with Crippen molar-refractivity contribution in [2.75, 3.05) is 6.54 Å². The smallest absolute Gasteiger partial charge is 0.255 e. The van der Waals surface area contributed by atoms with Gasteiger partial charge in [-0.3, -0.25) is 9.59 Å². The van der Waals surface area contributed by atoms with E-state index in [9.17, 15) is 9.59 Å². The first-order chi connectivity index (χ1) is 11.4. The third-order valence-corrected chi connectivity index (χ3v) is 3.83. The zero-order valence-electron chi connectivity index (χ0n) is 14.0. The molecule has 0 spiro atoms. The molecule has 0 radical (unpaired) electrons. The van der Waals surface area contributed by atoms with Crippen molar-refractivity contribution in [1.29, 1.82) is 0 Å². The number of amides is 2. The first-order valence-corrected chi connectivity index (χ1v) is 8.21. The van der Waals surface area contributed by atoms with Gasteiger partial charge in [0.15, 0.2) is 0 Å². The molecule has 1 heterocycles. The Morgan fingerprint density at radius 1 is 1.38 bits per heavy atom. The van der Waals surface area contributed by atoms with Gasteiger partial charge in [-0.15, -0.1) is 0 Å². The molecule has 2 rings (SSSR count). The molecule has 1 aromatic carbocycles. The van der Waals surface area contributed by atoms with Gasteiger partial charge in [0.2, 0.25) is 5.91 Å². The molecule has 2 amide bonds. The SMILES string of the molecule is CCCNC(=O)C(C)NC(=O)c1cnn(-c2cccc(Cl)c2)c1C. The van der Waals surface area contributed by atoms with Crippen LogP contribution in [0.4, 0.5) is 0 Å². The molecule has 0 saturated heterocycles. The van der Waals surface area contributed by atoms with Crippen LogP contribution in [0.5, 0.6) is 0 Å². The van der Waals surface area contributed by atoms with E-state index in [0.717, 1.165) is 12.1 Å². The Balaban J connectivity index is 2.13. The van der Waals surface area contributed by atoms with E-state index in [-0.39, 0.29) is 11.8 Å². The molecule has 2 N–H and O–H groups in total. The third-order valence-electron chi connectivity index (χ3n) is 3.60. The summed E-state index contributed by atoms with van der Waals surface area (Å²) < 4.78 is 1.64. The van der Waals surface area contributed by atoms with Gasteiger partial charge in [-0.2, -0.15) is 5.10 Å². The van der Waals surface area contributed by atoms with Crippen LogP contribution < -0.4 is 10.6 Å². The number of rotatable bonds is 6. The van der Waals surface area contributed by atoms with E-state index in [4.69, 9.17) is 11.6 Å². The van der Waals surface area contributed by atoms with E-state index < -0.39 is 6.04 Å². The maximum absolute atomic E-state index is 12.4. The van der Waals surface area contributed by atoms with Crippen molar-refractivity contribution in [2.24, 2.45) is 0 Å². The molecule has 1 atom stereocenters. The number of nitrogens with one attached hydrogen (secondary N) is 2. The van der Waals surface area contributed by atoms with Crippen LogP contribution in [0.1, 0.15) is 36.3 Å². The van der Waals surface area contributed by atoms with Gasteiger partial charge in [-0.05, 0) is 38.5 Å². The normalized spacial score (nSPS) is 11.8. The predicted octanol–water partition coefficient (Wildman–Crippen LogP) is 2.48. The number of carbonyl (C=O) groups excluding carboxylic acids is 2. The van der Waals surface area contributed by atoms with E-state index in [0.29, 0.717) is 22.8 Å². The van der Waals surface area contributed by atoms with E-state index in [1.54, 1.807) is 30.7 Å². The second kappa shape index (κ2) is 7.97. The summed E-state index contributed by atoms with van der Waals surface area (Å²) in [6, 6.07) is 6.60. The monoisotopic (exact) mass is 348 g/mol. The fourth-order valence-corrected chi connectivity index (χ4v) is 2.43. The van der Waals surface area contributed by atoms with Crippen molar-refractivity contribution >= 4 is 23.4 Å². The second-order valence-electron chi connectivity index (χ2n) is 5.52. The average molecular weight is 349 g/mol. The topological polar surface area (TPSA) is 76.0 Å². The number of carbonyl (C=O) groups is 2. The number of hydrogen-bond donors (Lipinski definition) is 2. The van der Waals surface area contributed by atoms with Crippen molar-refractivity contribution in [3.05, 3.63) is 46.7 Å². The lowest BCUT2D eigenvalue weighted by Crippen LogP contribution is -2.45. The Morgan fingerprint density at radius 3 is 2.79 bits per heavy atom. The highest BCUT2D eigenvalue weighted by molar-refractivity contribution is 6.30. The molecule has 7 heteroatoms. The highest BCUT2D eigenvalue weighted by Crippen LogP contribution is 2.18. The maximum atomic E-state index is 12.4. The van der Waals surface area contributed by atoms with Crippen molar-refractivity contribution < 1.29 is 9.59 Å². The van der Waals surface area contributed by atoms with Crippen LogP contribution in [-0.4, -0.2) is 34.2 Å². The number of nitrogens with zero attached hydrogens (tertiary/aromatic N) is 2. The van der Waals surface area contributed by atoms with Gasteiger partial charge in [0.25, 0.3) is 5.91 Å². The predicted molar refractivity (Wildman–Crippen MR) is 93.5 cm³/mol. The summed E-state index contributed by atoms with van der Waals surface area (Å²) in [5.74, 6) is -0.537. The van der Waals surface area contributed by atoms with Crippen LogP contribution >= 0.6 is 11.6 Å². The second-order valence-corrected chi connectivity index (χ2v) is 5.96. The number of aromatic nitrogens is 2. The van der Waals surface area contributed by atoms with Crippen molar-refractivity contribution in [1.82, 2.24) is 20.4 Å². The summed E-state index contributed by atoms with van der Waals surface area (Å²) in [6.07, 6.45) is 2.33. The number of benzene rings is 1. The van der Waals surface area contributed by atoms with Crippen LogP contribution in [-0.2, 0) is 4.79 Å². The summed E-state index contributed by atoms with van der Waals surface area (Å²) >= 11 is 6.00. The minimum absolute atomic E-state index is 0.204.